The average molecular weight is 258 g/mol. The SMILES string of the molecule is C#Cc1ccc(CN2CCC(NC(=O)O)CC2)cc1. The third kappa shape index (κ3) is 4.01. The van der Waals surface area contributed by atoms with E-state index < -0.39 is 6.09 Å². The lowest BCUT2D eigenvalue weighted by atomic mass is 10.0. The molecule has 1 fully saturated rings. The molecule has 1 saturated heterocycles. The maximum atomic E-state index is 10.6. The van der Waals surface area contributed by atoms with Crippen LogP contribution in [-0.4, -0.2) is 35.2 Å². The van der Waals surface area contributed by atoms with Crippen LogP contribution in [0.25, 0.3) is 0 Å². The lowest BCUT2D eigenvalue weighted by molar-refractivity contribution is 0.165. The van der Waals surface area contributed by atoms with Crippen LogP contribution in [0.2, 0.25) is 0 Å². The molecule has 0 aromatic heterocycles. The Bertz CT molecular complexity index is 468. The van der Waals surface area contributed by atoms with Crippen molar-refractivity contribution in [2.24, 2.45) is 0 Å². The van der Waals surface area contributed by atoms with Crippen LogP contribution in [0.15, 0.2) is 24.3 Å². The molecule has 0 saturated carbocycles. The highest BCUT2D eigenvalue weighted by molar-refractivity contribution is 5.64. The van der Waals surface area contributed by atoms with E-state index in [2.05, 4.69) is 28.3 Å². The van der Waals surface area contributed by atoms with E-state index in [1.54, 1.807) is 0 Å². The van der Waals surface area contributed by atoms with Gasteiger partial charge < -0.3 is 10.4 Å². The third-order valence-electron chi connectivity index (χ3n) is 3.44. The van der Waals surface area contributed by atoms with E-state index in [1.807, 2.05) is 12.1 Å². The van der Waals surface area contributed by atoms with Crippen molar-refractivity contribution in [3.8, 4) is 12.3 Å². The molecule has 1 heterocycles. The number of hydrogen-bond donors (Lipinski definition) is 2. The second-order valence-corrected chi connectivity index (χ2v) is 4.84. The van der Waals surface area contributed by atoms with Crippen LogP contribution < -0.4 is 5.32 Å². The minimum absolute atomic E-state index is 0.0950. The molecule has 1 aromatic rings. The van der Waals surface area contributed by atoms with Crippen molar-refractivity contribution in [3.05, 3.63) is 35.4 Å². The molecule has 0 bridgehead atoms. The first-order valence-electron chi connectivity index (χ1n) is 6.45. The maximum absolute atomic E-state index is 10.6. The number of likely N-dealkylation sites (tertiary alicyclic amines) is 1. The van der Waals surface area contributed by atoms with Crippen LogP contribution in [0.3, 0.4) is 0 Å². The van der Waals surface area contributed by atoms with E-state index in [0.29, 0.717) is 0 Å². The molecule has 0 spiro atoms. The zero-order valence-electron chi connectivity index (χ0n) is 10.8. The molecule has 0 radical (unpaired) electrons. The van der Waals surface area contributed by atoms with Crippen LogP contribution in [0.4, 0.5) is 4.79 Å². The summed E-state index contributed by atoms with van der Waals surface area (Å²) in [5, 5.41) is 11.2. The molecule has 2 N–H and O–H groups in total. The quantitative estimate of drug-likeness (QED) is 0.814. The lowest BCUT2D eigenvalue weighted by Crippen LogP contribution is -2.43. The van der Waals surface area contributed by atoms with Crippen LogP contribution in [0.5, 0.6) is 0 Å². The van der Waals surface area contributed by atoms with Crippen LogP contribution in [-0.2, 0) is 6.54 Å². The van der Waals surface area contributed by atoms with E-state index in [4.69, 9.17) is 11.5 Å². The molecule has 100 valence electrons. The standard InChI is InChI=1S/C15H18N2O2/c1-2-12-3-5-13(6-4-12)11-17-9-7-14(8-10-17)16-15(18)19/h1,3-6,14,16H,7-11H2,(H,18,19). The topological polar surface area (TPSA) is 52.6 Å². The third-order valence-corrected chi connectivity index (χ3v) is 3.44. The Labute approximate surface area is 113 Å². The number of hydrogen-bond acceptors (Lipinski definition) is 2. The number of rotatable bonds is 3. The zero-order valence-corrected chi connectivity index (χ0v) is 10.8. The summed E-state index contributed by atoms with van der Waals surface area (Å²) < 4.78 is 0. The van der Waals surface area contributed by atoms with Gasteiger partial charge in [0.05, 0.1) is 0 Å². The van der Waals surface area contributed by atoms with E-state index in [-0.39, 0.29) is 6.04 Å². The van der Waals surface area contributed by atoms with Crippen molar-refractivity contribution in [1.29, 1.82) is 0 Å². The maximum Gasteiger partial charge on any atom is 0.404 e. The van der Waals surface area contributed by atoms with Gasteiger partial charge in [0.1, 0.15) is 0 Å². The number of amides is 1. The van der Waals surface area contributed by atoms with E-state index in [1.165, 1.54) is 5.56 Å². The fraction of sp³-hybridized carbons (Fsp3) is 0.400. The molecule has 19 heavy (non-hydrogen) atoms. The minimum atomic E-state index is -0.927. The summed E-state index contributed by atoms with van der Waals surface area (Å²) in [5.74, 6) is 2.60. The van der Waals surface area contributed by atoms with E-state index in [9.17, 15) is 4.79 Å². The molecule has 0 aliphatic carbocycles. The van der Waals surface area contributed by atoms with Crippen molar-refractivity contribution in [2.45, 2.75) is 25.4 Å². The molecule has 1 aliphatic rings. The molecule has 1 aromatic carbocycles. The normalized spacial score (nSPS) is 16.8. The number of terminal acetylenes is 1. The van der Waals surface area contributed by atoms with Gasteiger partial charge in [-0.1, -0.05) is 18.1 Å². The Hall–Kier alpha value is -1.99. The summed E-state index contributed by atoms with van der Waals surface area (Å²) in [4.78, 5) is 12.9. The Kier molecular flexibility index (Phi) is 4.43. The van der Waals surface area contributed by atoms with Gasteiger partial charge in [0.15, 0.2) is 0 Å². The molecule has 0 unspecified atom stereocenters. The second-order valence-electron chi connectivity index (χ2n) is 4.84. The highest BCUT2D eigenvalue weighted by Crippen LogP contribution is 2.14. The van der Waals surface area contributed by atoms with Gasteiger partial charge >= 0.3 is 6.09 Å². The van der Waals surface area contributed by atoms with Crippen molar-refractivity contribution in [2.75, 3.05) is 13.1 Å². The number of nitrogens with zero attached hydrogens (tertiary/aromatic N) is 1. The van der Waals surface area contributed by atoms with Gasteiger partial charge in [0, 0.05) is 31.2 Å². The summed E-state index contributed by atoms with van der Waals surface area (Å²) in [6, 6.07) is 8.10. The smallest absolute Gasteiger partial charge is 0.404 e. The fourth-order valence-corrected chi connectivity index (χ4v) is 2.37. The van der Waals surface area contributed by atoms with E-state index >= 15 is 0 Å². The van der Waals surface area contributed by atoms with Gasteiger partial charge in [0.2, 0.25) is 0 Å². The Morgan fingerprint density at radius 3 is 2.53 bits per heavy atom. The first-order chi connectivity index (χ1) is 9.17. The molecular weight excluding hydrogens is 240 g/mol. The van der Waals surface area contributed by atoms with Gasteiger partial charge in [-0.05, 0) is 30.5 Å². The molecule has 4 nitrogen and oxygen atoms in total. The summed E-state index contributed by atoms with van der Waals surface area (Å²) in [5.41, 5.74) is 2.14. The van der Waals surface area contributed by atoms with Crippen molar-refractivity contribution >= 4 is 6.09 Å². The van der Waals surface area contributed by atoms with Crippen molar-refractivity contribution < 1.29 is 9.90 Å². The summed E-state index contributed by atoms with van der Waals surface area (Å²) >= 11 is 0. The van der Waals surface area contributed by atoms with Gasteiger partial charge in [0.25, 0.3) is 0 Å². The monoisotopic (exact) mass is 258 g/mol. The van der Waals surface area contributed by atoms with Gasteiger partial charge in [-0.3, -0.25) is 4.90 Å². The number of piperidine rings is 1. The largest absolute Gasteiger partial charge is 0.465 e. The Morgan fingerprint density at radius 2 is 2.00 bits per heavy atom. The van der Waals surface area contributed by atoms with Gasteiger partial charge in [-0.15, -0.1) is 6.42 Å². The average Bonchev–Trinajstić information content (AvgIpc) is 2.41. The summed E-state index contributed by atoms with van der Waals surface area (Å²) in [6.07, 6.45) is 6.14. The first-order valence-corrected chi connectivity index (χ1v) is 6.45. The number of carboxylic acid groups (broad SMARTS) is 1. The van der Waals surface area contributed by atoms with Crippen molar-refractivity contribution in [1.82, 2.24) is 10.2 Å². The van der Waals surface area contributed by atoms with Crippen molar-refractivity contribution in [3.63, 3.8) is 0 Å². The molecule has 2 rings (SSSR count). The van der Waals surface area contributed by atoms with Gasteiger partial charge in [-0.25, -0.2) is 4.79 Å². The predicted molar refractivity (Wildman–Crippen MR) is 73.8 cm³/mol. The summed E-state index contributed by atoms with van der Waals surface area (Å²) in [6.45, 7) is 2.73. The van der Waals surface area contributed by atoms with Gasteiger partial charge in [-0.2, -0.15) is 0 Å². The minimum Gasteiger partial charge on any atom is -0.465 e. The summed E-state index contributed by atoms with van der Waals surface area (Å²) in [7, 11) is 0. The van der Waals surface area contributed by atoms with Crippen LogP contribution in [0, 0.1) is 12.3 Å². The molecule has 1 aliphatic heterocycles. The Balaban J connectivity index is 1.82. The highest BCUT2D eigenvalue weighted by atomic mass is 16.4. The molecular formula is C15H18N2O2. The predicted octanol–water partition coefficient (Wildman–Crippen LogP) is 1.90. The second kappa shape index (κ2) is 6.26. The number of nitrogens with one attached hydrogen (secondary N) is 1. The number of carbonyl (C=O) groups is 1. The van der Waals surface area contributed by atoms with Crippen LogP contribution in [0.1, 0.15) is 24.0 Å². The molecule has 1 amide bonds. The first kappa shape index (κ1) is 13.4. The molecule has 4 heteroatoms. The fourth-order valence-electron chi connectivity index (χ4n) is 2.37. The Morgan fingerprint density at radius 1 is 1.37 bits per heavy atom. The van der Waals surface area contributed by atoms with E-state index in [0.717, 1.165) is 38.0 Å². The number of benzene rings is 1. The highest BCUT2D eigenvalue weighted by Gasteiger charge is 2.20. The zero-order chi connectivity index (χ0) is 13.7. The van der Waals surface area contributed by atoms with Crippen LogP contribution >= 0.6 is 0 Å². The lowest BCUT2D eigenvalue weighted by Gasteiger charge is -2.31. The molecule has 0 atom stereocenters.